The van der Waals surface area contributed by atoms with Crippen molar-refractivity contribution in [2.45, 2.75) is 39.3 Å². The highest BCUT2D eigenvalue weighted by atomic mass is 35.5. The quantitative estimate of drug-likeness (QED) is 0.661. The number of carbonyl (C=O) groups excluding carboxylic acids is 2. The first-order valence-electron chi connectivity index (χ1n) is 8.77. The number of nitrogens with one attached hydrogen (secondary N) is 2. The Hall–Kier alpha value is -2.34. The molecule has 26 heavy (non-hydrogen) atoms. The van der Waals surface area contributed by atoms with Gasteiger partial charge < -0.3 is 10.6 Å². The molecule has 0 bridgehead atoms. The molecule has 7 heteroatoms. The van der Waals surface area contributed by atoms with Crippen molar-refractivity contribution in [3.8, 4) is 0 Å². The molecule has 0 unspecified atom stereocenters. The van der Waals surface area contributed by atoms with E-state index in [1.54, 1.807) is 30.5 Å². The lowest BCUT2D eigenvalue weighted by molar-refractivity contribution is -0.123. The van der Waals surface area contributed by atoms with Crippen LogP contribution in [0.2, 0.25) is 5.02 Å². The van der Waals surface area contributed by atoms with Gasteiger partial charge in [-0.05, 0) is 49.1 Å². The average Bonchev–Trinajstić information content (AvgIpc) is 3.11. The SMILES string of the molecule is CC(C)C[C@@H](NC(=O)c1ccc(Cl)cc1)C(=O)NCCCn1cccn1. The minimum atomic E-state index is -0.567. The number of aromatic nitrogens is 2. The zero-order valence-corrected chi connectivity index (χ0v) is 15.9. The third-order valence-corrected chi connectivity index (χ3v) is 4.11. The second-order valence-electron chi connectivity index (χ2n) is 6.58. The van der Waals surface area contributed by atoms with E-state index in [4.69, 9.17) is 11.6 Å². The van der Waals surface area contributed by atoms with Crippen LogP contribution < -0.4 is 10.6 Å². The summed E-state index contributed by atoms with van der Waals surface area (Å²) in [6, 6.07) is 7.90. The summed E-state index contributed by atoms with van der Waals surface area (Å²) >= 11 is 5.85. The summed E-state index contributed by atoms with van der Waals surface area (Å²) < 4.78 is 1.82. The average molecular weight is 377 g/mol. The van der Waals surface area contributed by atoms with Crippen LogP contribution in [0, 0.1) is 5.92 Å². The van der Waals surface area contributed by atoms with Gasteiger partial charge in [0, 0.05) is 36.1 Å². The van der Waals surface area contributed by atoms with E-state index < -0.39 is 6.04 Å². The maximum Gasteiger partial charge on any atom is 0.251 e. The molecule has 0 spiro atoms. The molecule has 0 aliphatic heterocycles. The van der Waals surface area contributed by atoms with Crippen molar-refractivity contribution in [2.75, 3.05) is 6.54 Å². The first kappa shape index (κ1) is 20.0. The van der Waals surface area contributed by atoms with Crippen LogP contribution in [0.5, 0.6) is 0 Å². The number of carbonyl (C=O) groups is 2. The largest absolute Gasteiger partial charge is 0.354 e. The predicted octanol–water partition coefficient (Wildman–Crippen LogP) is 2.89. The topological polar surface area (TPSA) is 76.0 Å². The van der Waals surface area contributed by atoms with E-state index in [1.165, 1.54) is 0 Å². The third-order valence-electron chi connectivity index (χ3n) is 3.86. The first-order chi connectivity index (χ1) is 12.5. The number of hydrogen-bond donors (Lipinski definition) is 2. The fourth-order valence-corrected chi connectivity index (χ4v) is 2.68. The molecule has 2 aromatic rings. The minimum absolute atomic E-state index is 0.165. The van der Waals surface area contributed by atoms with Gasteiger partial charge in [0.05, 0.1) is 0 Å². The van der Waals surface area contributed by atoms with Gasteiger partial charge in [-0.25, -0.2) is 0 Å². The van der Waals surface area contributed by atoms with Gasteiger partial charge in [-0.15, -0.1) is 0 Å². The van der Waals surface area contributed by atoms with Gasteiger partial charge in [-0.1, -0.05) is 25.4 Å². The van der Waals surface area contributed by atoms with E-state index in [0.717, 1.165) is 13.0 Å². The van der Waals surface area contributed by atoms with Gasteiger partial charge in [0.15, 0.2) is 0 Å². The molecule has 6 nitrogen and oxygen atoms in total. The smallest absolute Gasteiger partial charge is 0.251 e. The normalized spacial score (nSPS) is 12.0. The van der Waals surface area contributed by atoms with Crippen molar-refractivity contribution in [3.63, 3.8) is 0 Å². The van der Waals surface area contributed by atoms with Gasteiger partial charge in [-0.3, -0.25) is 14.3 Å². The number of benzene rings is 1. The van der Waals surface area contributed by atoms with Crippen LogP contribution in [0.15, 0.2) is 42.7 Å². The Morgan fingerprint density at radius 1 is 1.23 bits per heavy atom. The molecule has 2 N–H and O–H groups in total. The lowest BCUT2D eigenvalue weighted by Crippen LogP contribution is -2.47. The van der Waals surface area contributed by atoms with Crippen LogP contribution >= 0.6 is 11.6 Å². The molecule has 0 saturated carbocycles. The zero-order valence-electron chi connectivity index (χ0n) is 15.1. The Morgan fingerprint density at radius 2 is 1.96 bits per heavy atom. The summed E-state index contributed by atoms with van der Waals surface area (Å²) in [4.78, 5) is 24.9. The number of halogens is 1. The van der Waals surface area contributed by atoms with E-state index in [1.807, 2.05) is 30.8 Å². The highest BCUT2D eigenvalue weighted by Gasteiger charge is 2.22. The van der Waals surface area contributed by atoms with Crippen molar-refractivity contribution >= 4 is 23.4 Å². The summed E-state index contributed by atoms with van der Waals surface area (Å²) in [5.41, 5.74) is 0.481. The summed E-state index contributed by atoms with van der Waals surface area (Å²) in [6.45, 7) is 5.31. The van der Waals surface area contributed by atoms with Gasteiger partial charge in [0.25, 0.3) is 5.91 Å². The van der Waals surface area contributed by atoms with Crippen LogP contribution in [-0.4, -0.2) is 34.2 Å². The van der Waals surface area contributed by atoms with E-state index in [9.17, 15) is 9.59 Å². The molecule has 140 valence electrons. The molecule has 2 rings (SSSR count). The fraction of sp³-hybridized carbons (Fsp3) is 0.421. The standard InChI is InChI=1S/C19H25ClN4O2/c1-14(2)13-17(23-18(25)15-5-7-16(20)8-6-15)19(26)21-9-3-11-24-12-4-10-22-24/h4-8,10,12,14,17H,3,9,11,13H2,1-2H3,(H,21,26)(H,23,25)/t17-/m1/s1. The molecular weight excluding hydrogens is 352 g/mol. The Labute approximate surface area is 158 Å². The highest BCUT2D eigenvalue weighted by molar-refractivity contribution is 6.30. The number of rotatable bonds is 9. The van der Waals surface area contributed by atoms with E-state index >= 15 is 0 Å². The number of aryl methyl sites for hydroxylation is 1. The van der Waals surface area contributed by atoms with Gasteiger partial charge >= 0.3 is 0 Å². The fourth-order valence-electron chi connectivity index (χ4n) is 2.55. The zero-order chi connectivity index (χ0) is 18.9. The highest BCUT2D eigenvalue weighted by Crippen LogP contribution is 2.11. The lowest BCUT2D eigenvalue weighted by atomic mass is 10.0. The van der Waals surface area contributed by atoms with Crippen molar-refractivity contribution in [2.24, 2.45) is 5.92 Å². The van der Waals surface area contributed by atoms with Crippen molar-refractivity contribution in [3.05, 3.63) is 53.3 Å². The molecule has 1 atom stereocenters. The van der Waals surface area contributed by atoms with Gasteiger partial charge in [0.1, 0.15) is 6.04 Å². The first-order valence-corrected chi connectivity index (χ1v) is 9.15. The summed E-state index contributed by atoms with van der Waals surface area (Å²) in [7, 11) is 0. The summed E-state index contributed by atoms with van der Waals surface area (Å²) in [6.07, 6.45) is 4.95. The molecule has 0 saturated heterocycles. The lowest BCUT2D eigenvalue weighted by Gasteiger charge is -2.20. The number of amides is 2. The number of hydrogen-bond acceptors (Lipinski definition) is 3. The second kappa shape index (κ2) is 9.97. The van der Waals surface area contributed by atoms with Crippen molar-refractivity contribution in [1.29, 1.82) is 0 Å². The maximum atomic E-state index is 12.5. The van der Waals surface area contributed by atoms with E-state index in [2.05, 4.69) is 15.7 Å². The van der Waals surface area contributed by atoms with Crippen LogP contribution in [0.1, 0.15) is 37.0 Å². The Bertz CT molecular complexity index is 699. The minimum Gasteiger partial charge on any atom is -0.354 e. The molecule has 2 amide bonds. The van der Waals surface area contributed by atoms with Crippen LogP contribution in [0.25, 0.3) is 0 Å². The van der Waals surface area contributed by atoms with E-state index in [-0.39, 0.29) is 17.7 Å². The Balaban J connectivity index is 1.87. The number of nitrogens with zero attached hydrogens (tertiary/aromatic N) is 2. The molecule has 0 fully saturated rings. The molecule has 0 radical (unpaired) electrons. The van der Waals surface area contributed by atoms with Gasteiger partial charge in [0.2, 0.25) is 5.91 Å². The summed E-state index contributed by atoms with van der Waals surface area (Å²) in [5.74, 6) is -0.166. The molecule has 1 heterocycles. The molecular formula is C19H25ClN4O2. The molecule has 0 aliphatic carbocycles. The van der Waals surface area contributed by atoms with Crippen LogP contribution in [0.4, 0.5) is 0 Å². The Morgan fingerprint density at radius 3 is 2.58 bits per heavy atom. The monoisotopic (exact) mass is 376 g/mol. The van der Waals surface area contributed by atoms with Gasteiger partial charge in [-0.2, -0.15) is 5.10 Å². The molecule has 1 aromatic carbocycles. The molecule has 0 aliphatic rings. The van der Waals surface area contributed by atoms with E-state index in [0.29, 0.717) is 23.6 Å². The van der Waals surface area contributed by atoms with Crippen molar-refractivity contribution in [1.82, 2.24) is 20.4 Å². The second-order valence-corrected chi connectivity index (χ2v) is 7.01. The van der Waals surface area contributed by atoms with Crippen LogP contribution in [-0.2, 0) is 11.3 Å². The Kier molecular flexibility index (Phi) is 7.66. The van der Waals surface area contributed by atoms with Crippen molar-refractivity contribution < 1.29 is 9.59 Å². The third kappa shape index (κ3) is 6.52. The molecule has 1 aromatic heterocycles. The summed E-state index contributed by atoms with van der Waals surface area (Å²) in [5, 5.41) is 10.4. The maximum absolute atomic E-state index is 12.5. The van der Waals surface area contributed by atoms with Crippen LogP contribution in [0.3, 0.4) is 0 Å². The predicted molar refractivity (Wildman–Crippen MR) is 102 cm³/mol.